The van der Waals surface area contributed by atoms with Crippen LogP contribution in [0.3, 0.4) is 0 Å². The molecule has 110 valence electrons. The molecule has 0 atom stereocenters. The molecule has 0 amide bonds. The number of likely N-dealkylation sites (tertiary alicyclic amines) is 1. The molecule has 0 spiro atoms. The number of ether oxygens (including phenoxy) is 1. The predicted molar refractivity (Wildman–Crippen MR) is 76.5 cm³/mol. The minimum atomic E-state index is -0.452. The topological polar surface area (TPSA) is 41.6 Å². The van der Waals surface area contributed by atoms with Gasteiger partial charge in [-0.3, -0.25) is 0 Å². The molecule has 0 bridgehead atoms. The second-order valence-corrected chi connectivity index (χ2v) is 5.31. The SMILES string of the molecule is COC(=O)c1ccc(F)c(NCC2CCN(C)CC2)c1. The van der Waals surface area contributed by atoms with Crippen LogP contribution in [-0.2, 0) is 4.74 Å². The van der Waals surface area contributed by atoms with Crippen molar-refractivity contribution in [2.75, 3.05) is 39.1 Å². The summed E-state index contributed by atoms with van der Waals surface area (Å²) in [5.41, 5.74) is 0.728. The van der Waals surface area contributed by atoms with E-state index in [4.69, 9.17) is 0 Å². The monoisotopic (exact) mass is 280 g/mol. The number of rotatable bonds is 4. The van der Waals surface area contributed by atoms with Gasteiger partial charge in [0.2, 0.25) is 0 Å². The van der Waals surface area contributed by atoms with E-state index < -0.39 is 5.97 Å². The lowest BCUT2D eigenvalue weighted by Crippen LogP contribution is -2.33. The number of benzene rings is 1. The fourth-order valence-corrected chi connectivity index (χ4v) is 2.43. The van der Waals surface area contributed by atoms with Gasteiger partial charge in [-0.15, -0.1) is 0 Å². The average molecular weight is 280 g/mol. The number of nitrogens with zero attached hydrogens (tertiary/aromatic N) is 1. The maximum atomic E-state index is 13.7. The summed E-state index contributed by atoms with van der Waals surface area (Å²) in [7, 11) is 3.43. The molecular weight excluding hydrogens is 259 g/mol. The average Bonchev–Trinajstić information content (AvgIpc) is 2.47. The summed E-state index contributed by atoms with van der Waals surface area (Å²) < 4.78 is 18.4. The summed E-state index contributed by atoms with van der Waals surface area (Å²) in [4.78, 5) is 13.7. The van der Waals surface area contributed by atoms with Crippen molar-refractivity contribution >= 4 is 11.7 Å². The van der Waals surface area contributed by atoms with Crippen molar-refractivity contribution < 1.29 is 13.9 Å². The van der Waals surface area contributed by atoms with Gasteiger partial charge in [0.1, 0.15) is 5.82 Å². The number of halogens is 1. The fraction of sp³-hybridized carbons (Fsp3) is 0.533. The molecule has 1 aromatic rings. The Kier molecular flexibility index (Phi) is 4.95. The summed E-state index contributed by atoms with van der Waals surface area (Å²) in [6.45, 7) is 2.89. The van der Waals surface area contributed by atoms with Crippen LogP contribution in [0, 0.1) is 11.7 Å². The number of carbonyl (C=O) groups excluding carboxylic acids is 1. The van der Waals surface area contributed by atoms with E-state index in [1.54, 1.807) is 0 Å². The van der Waals surface area contributed by atoms with Crippen LogP contribution < -0.4 is 5.32 Å². The summed E-state index contributed by atoms with van der Waals surface area (Å²) in [5, 5.41) is 3.12. The smallest absolute Gasteiger partial charge is 0.337 e. The first-order valence-corrected chi connectivity index (χ1v) is 6.90. The molecule has 4 nitrogen and oxygen atoms in total. The molecule has 20 heavy (non-hydrogen) atoms. The van der Waals surface area contributed by atoms with Crippen LogP contribution in [0.15, 0.2) is 18.2 Å². The third-order valence-corrected chi connectivity index (χ3v) is 3.81. The highest BCUT2D eigenvalue weighted by molar-refractivity contribution is 5.90. The molecule has 1 aromatic carbocycles. The van der Waals surface area contributed by atoms with Gasteiger partial charge in [0.15, 0.2) is 0 Å². The van der Waals surface area contributed by atoms with Gasteiger partial charge in [-0.05, 0) is 57.1 Å². The third kappa shape index (κ3) is 3.70. The van der Waals surface area contributed by atoms with E-state index in [2.05, 4.69) is 22.0 Å². The van der Waals surface area contributed by atoms with Gasteiger partial charge in [0.25, 0.3) is 0 Å². The van der Waals surface area contributed by atoms with Crippen molar-refractivity contribution in [2.45, 2.75) is 12.8 Å². The number of hydrogen-bond acceptors (Lipinski definition) is 4. The van der Waals surface area contributed by atoms with Gasteiger partial charge in [-0.1, -0.05) is 0 Å². The molecule has 0 aliphatic carbocycles. The van der Waals surface area contributed by atoms with E-state index in [-0.39, 0.29) is 5.82 Å². The highest BCUT2D eigenvalue weighted by atomic mass is 19.1. The zero-order valence-corrected chi connectivity index (χ0v) is 12.0. The zero-order valence-electron chi connectivity index (χ0n) is 12.0. The second-order valence-electron chi connectivity index (χ2n) is 5.31. The first kappa shape index (κ1) is 14.8. The van der Waals surface area contributed by atoms with Crippen LogP contribution in [0.2, 0.25) is 0 Å². The molecule has 1 aliphatic rings. The van der Waals surface area contributed by atoms with Gasteiger partial charge < -0.3 is 15.0 Å². The summed E-state index contributed by atoms with van der Waals surface area (Å²) in [6.07, 6.45) is 2.23. The number of esters is 1. The van der Waals surface area contributed by atoms with Crippen LogP contribution in [0.25, 0.3) is 0 Å². The quantitative estimate of drug-likeness (QED) is 0.860. The van der Waals surface area contributed by atoms with Crippen LogP contribution in [0.5, 0.6) is 0 Å². The molecule has 1 saturated heterocycles. The Morgan fingerprint density at radius 2 is 2.15 bits per heavy atom. The standard InChI is InChI=1S/C15H21FN2O2/c1-18-7-5-11(6-8-18)10-17-14-9-12(15(19)20-2)3-4-13(14)16/h3-4,9,11,17H,5-8,10H2,1-2H3. The van der Waals surface area contributed by atoms with Crippen LogP contribution >= 0.6 is 0 Å². The third-order valence-electron chi connectivity index (χ3n) is 3.81. The lowest BCUT2D eigenvalue weighted by molar-refractivity contribution is 0.0600. The predicted octanol–water partition coefficient (Wildman–Crippen LogP) is 2.37. The Morgan fingerprint density at radius 1 is 1.45 bits per heavy atom. The highest BCUT2D eigenvalue weighted by Gasteiger charge is 2.17. The molecule has 2 rings (SSSR count). The van der Waals surface area contributed by atoms with Gasteiger partial charge in [-0.2, -0.15) is 0 Å². The van der Waals surface area contributed by atoms with Crippen molar-refractivity contribution in [2.24, 2.45) is 5.92 Å². The number of nitrogens with one attached hydrogen (secondary N) is 1. The van der Waals surface area contributed by atoms with Crippen molar-refractivity contribution in [3.8, 4) is 0 Å². The first-order valence-electron chi connectivity index (χ1n) is 6.90. The normalized spacial score (nSPS) is 16.9. The fourth-order valence-electron chi connectivity index (χ4n) is 2.43. The van der Waals surface area contributed by atoms with E-state index in [9.17, 15) is 9.18 Å². The van der Waals surface area contributed by atoms with Crippen molar-refractivity contribution in [1.82, 2.24) is 4.90 Å². The van der Waals surface area contributed by atoms with E-state index in [1.165, 1.54) is 25.3 Å². The Labute approximate surface area is 118 Å². The minimum absolute atomic E-state index is 0.342. The van der Waals surface area contributed by atoms with Crippen molar-refractivity contribution in [1.29, 1.82) is 0 Å². The van der Waals surface area contributed by atoms with E-state index in [1.807, 2.05) is 0 Å². The largest absolute Gasteiger partial charge is 0.465 e. The van der Waals surface area contributed by atoms with Crippen molar-refractivity contribution in [3.63, 3.8) is 0 Å². The Balaban J connectivity index is 1.96. The molecule has 1 fully saturated rings. The lowest BCUT2D eigenvalue weighted by atomic mass is 9.97. The Hall–Kier alpha value is -1.62. The maximum Gasteiger partial charge on any atom is 0.337 e. The van der Waals surface area contributed by atoms with Crippen molar-refractivity contribution in [3.05, 3.63) is 29.6 Å². The molecule has 0 saturated carbocycles. The highest BCUT2D eigenvalue weighted by Crippen LogP contribution is 2.20. The number of hydrogen-bond donors (Lipinski definition) is 1. The Morgan fingerprint density at radius 3 is 2.80 bits per heavy atom. The number of methoxy groups -OCH3 is 1. The van der Waals surface area contributed by atoms with E-state index >= 15 is 0 Å². The maximum absolute atomic E-state index is 13.7. The molecule has 0 radical (unpaired) electrons. The van der Waals surface area contributed by atoms with Gasteiger partial charge >= 0.3 is 5.97 Å². The van der Waals surface area contributed by atoms with Gasteiger partial charge in [0.05, 0.1) is 18.4 Å². The summed E-state index contributed by atoms with van der Waals surface area (Å²) >= 11 is 0. The zero-order chi connectivity index (χ0) is 14.5. The molecule has 1 heterocycles. The lowest BCUT2D eigenvalue weighted by Gasteiger charge is -2.29. The van der Waals surface area contributed by atoms with Crippen LogP contribution in [-0.4, -0.2) is 44.7 Å². The van der Waals surface area contributed by atoms with E-state index in [0.29, 0.717) is 17.2 Å². The molecule has 5 heteroatoms. The minimum Gasteiger partial charge on any atom is -0.465 e. The molecular formula is C15H21FN2O2. The van der Waals surface area contributed by atoms with Gasteiger partial charge in [-0.25, -0.2) is 9.18 Å². The molecule has 1 N–H and O–H groups in total. The molecule has 1 aliphatic heterocycles. The second kappa shape index (κ2) is 6.70. The number of anilines is 1. The van der Waals surface area contributed by atoms with Crippen LogP contribution in [0.1, 0.15) is 23.2 Å². The molecule has 0 unspecified atom stereocenters. The number of piperidine rings is 1. The first-order chi connectivity index (χ1) is 9.60. The summed E-state index contributed by atoms with van der Waals surface area (Å²) in [5.74, 6) is -0.245. The number of carbonyl (C=O) groups is 1. The van der Waals surface area contributed by atoms with E-state index in [0.717, 1.165) is 32.5 Å². The molecule has 0 aromatic heterocycles. The van der Waals surface area contributed by atoms with Gasteiger partial charge in [0, 0.05) is 6.54 Å². The van der Waals surface area contributed by atoms with Crippen LogP contribution in [0.4, 0.5) is 10.1 Å². The summed E-state index contributed by atoms with van der Waals surface area (Å²) in [6, 6.07) is 4.24. The Bertz CT molecular complexity index is 471.